The molecule has 0 N–H and O–H groups in total. The first kappa shape index (κ1) is 15.0. The standard InChI is InChI=1S/C14H16Br2FNO/c1-18(13-5-3-2-4-11(13)15)14(19)10-7-6-9(17)8-12(10)16/h6-8,11,13H,2-5H2,1H3. The van der Waals surface area contributed by atoms with Crippen molar-refractivity contribution in [2.45, 2.75) is 36.6 Å². The van der Waals surface area contributed by atoms with Crippen molar-refractivity contribution in [3.05, 3.63) is 34.1 Å². The zero-order valence-corrected chi connectivity index (χ0v) is 13.9. The molecule has 1 amide bonds. The lowest BCUT2D eigenvalue weighted by Gasteiger charge is -2.35. The first-order valence-corrected chi connectivity index (χ1v) is 8.08. The Morgan fingerprint density at radius 1 is 1.37 bits per heavy atom. The molecule has 5 heteroatoms. The van der Waals surface area contributed by atoms with Crippen molar-refractivity contribution in [2.24, 2.45) is 0 Å². The predicted octanol–water partition coefficient (Wildman–Crippen LogP) is 4.37. The fraction of sp³-hybridized carbons (Fsp3) is 0.500. The van der Waals surface area contributed by atoms with Crippen LogP contribution in [0.15, 0.2) is 22.7 Å². The summed E-state index contributed by atoms with van der Waals surface area (Å²) in [4.78, 5) is 14.6. The summed E-state index contributed by atoms with van der Waals surface area (Å²) in [5, 5.41) is 0. The van der Waals surface area contributed by atoms with E-state index in [-0.39, 0.29) is 17.8 Å². The topological polar surface area (TPSA) is 20.3 Å². The van der Waals surface area contributed by atoms with E-state index in [1.807, 2.05) is 7.05 Å². The Labute approximate surface area is 129 Å². The molecule has 1 saturated carbocycles. The van der Waals surface area contributed by atoms with Gasteiger partial charge in [-0.3, -0.25) is 4.79 Å². The van der Waals surface area contributed by atoms with E-state index in [0.29, 0.717) is 14.9 Å². The Morgan fingerprint density at radius 2 is 2.05 bits per heavy atom. The zero-order valence-electron chi connectivity index (χ0n) is 10.7. The maximum absolute atomic E-state index is 13.1. The Bertz CT molecular complexity index is 481. The maximum Gasteiger partial charge on any atom is 0.255 e. The van der Waals surface area contributed by atoms with Crippen LogP contribution in [0.3, 0.4) is 0 Å². The van der Waals surface area contributed by atoms with Crippen LogP contribution in [-0.4, -0.2) is 28.7 Å². The van der Waals surface area contributed by atoms with Crippen LogP contribution >= 0.6 is 31.9 Å². The Morgan fingerprint density at radius 3 is 2.68 bits per heavy atom. The van der Waals surface area contributed by atoms with Gasteiger partial charge >= 0.3 is 0 Å². The zero-order chi connectivity index (χ0) is 14.0. The van der Waals surface area contributed by atoms with E-state index in [2.05, 4.69) is 31.9 Å². The number of hydrogen-bond acceptors (Lipinski definition) is 1. The van der Waals surface area contributed by atoms with Crippen LogP contribution in [-0.2, 0) is 0 Å². The van der Waals surface area contributed by atoms with Crippen LogP contribution in [0.25, 0.3) is 0 Å². The Hall–Kier alpha value is -0.420. The minimum Gasteiger partial charge on any atom is -0.338 e. The van der Waals surface area contributed by atoms with Gasteiger partial charge in [-0.2, -0.15) is 0 Å². The highest BCUT2D eigenvalue weighted by molar-refractivity contribution is 9.10. The predicted molar refractivity (Wildman–Crippen MR) is 81.2 cm³/mol. The van der Waals surface area contributed by atoms with Crippen LogP contribution in [0.1, 0.15) is 36.0 Å². The molecule has 19 heavy (non-hydrogen) atoms. The monoisotopic (exact) mass is 391 g/mol. The second kappa shape index (κ2) is 6.35. The molecule has 104 valence electrons. The average Bonchev–Trinajstić information content (AvgIpc) is 2.38. The molecule has 0 heterocycles. The highest BCUT2D eigenvalue weighted by Gasteiger charge is 2.30. The second-order valence-corrected chi connectivity index (χ2v) is 6.94. The highest BCUT2D eigenvalue weighted by atomic mass is 79.9. The van der Waals surface area contributed by atoms with Crippen molar-refractivity contribution in [3.63, 3.8) is 0 Å². The maximum atomic E-state index is 13.1. The molecule has 0 aromatic heterocycles. The molecule has 2 unspecified atom stereocenters. The molecule has 1 aliphatic carbocycles. The molecule has 1 aromatic carbocycles. The van der Waals surface area contributed by atoms with Crippen molar-refractivity contribution < 1.29 is 9.18 Å². The van der Waals surface area contributed by atoms with Gasteiger partial charge in [0.05, 0.1) is 5.56 Å². The minimum absolute atomic E-state index is 0.0665. The number of rotatable bonds is 2. The number of amides is 1. The third-order valence-electron chi connectivity index (χ3n) is 3.63. The molecule has 2 rings (SSSR count). The average molecular weight is 393 g/mol. The molecule has 0 saturated heterocycles. The van der Waals surface area contributed by atoms with Gasteiger partial charge in [0.1, 0.15) is 5.82 Å². The molecule has 0 bridgehead atoms. The van der Waals surface area contributed by atoms with Crippen LogP contribution < -0.4 is 0 Å². The van der Waals surface area contributed by atoms with Crippen molar-refractivity contribution >= 4 is 37.8 Å². The number of halogens is 3. The summed E-state index contributed by atoms with van der Waals surface area (Å²) in [5.41, 5.74) is 0.508. The molecular weight excluding hydrogens is 377 g/mol. The van der Waals surface area contributed by atoms with Crippen molar-refractivity contribution in [1.29, 1.82) is 0 Å². The van der Waals surface area contributed by atoms with Crippen molar-refractivity contribution in [3.8, 4) is 0 Å². The van der Waals surface area contributed by atoms with Crippen LogP contribution in [0.2, 0.25) is 0 Å². The van der Waals surface area contributed by atoms with E-state index in [4.69, 9.17) is 0 Å². The largest absolute Gasteiger partial charge is 0.338 e. The third-order valence-corrected chi connectivity index (χ3v) is 5.35. The van der Waals surface area contributed by atoms with Gasteiger partial charge in [0.15, 0.2) is 0 Å². The first-order valence-electron chi connectivity index (χ1n) is 6.37. The quantitative estimate of drug-likeness (QED) is 0.684. The summed E-state index contributed by atoms with van der Waals surface area (Å²) in [6.45, 7) is 0. The summed E-state index contributed by atoms with van der Waals surface area (Å²) < 4.78 is 13.6. The van der Waals surface area contributed by atoms with E-state index in [1.165, 1.54) is 24.6 Å². The van der Waals surface area contributed by atoms with Gasteiger partial charge in [0, 0.05) is 22.4 Å². The molecule has 2 atom stereocenters. The van der Waals surface area contributed by atoms with Gasteiger partial charge in [-0.15, -0.1) is 0 Å². The van der Waals surface area contributed by atoms with E-state index in [9.17, 15) is 9.18 Å². The summed E-state index contributed by atoms with van der Waals surface area (Å²) in [6.07, 6.45) is 4.45. The van der Waals surface area contributed by atoms with Crippen molar-refractivity contribution in [1.82, 2.24) is 4.90 Å². The number of carbonyl (C=O) groups excluding carboxylic acids is 1. The lowest BCUT2D eigenvalue weighted by molar-refractivity contribution is 0.0704. The summed E-state index contributed by atoms with van der Waals surface area (Å²) >= 11 is 6.92. The van der Waals surface area contributed by atoms with E-state index in [1.54, 1.807) is 4.90 Å². The molecule has 1 fully saturated rings. The van der Waals surface area contributed by atoms with E-state index < -0.39 is 0 Å². The Balaban J connectivity index is 2.18. The van der Waals surface area contributed by atoms with Gasteiger partial charge in [-0.1, -0.05) is 28.8 Å². The molecular formula is C14H16Br2FNO. The molecule has 0 aliphatic heterocycles. The van der Waals surface area contributed by atoms with Gasteiger partial charge in [-0.05, 0) is 47.0 Å². The lowest BCUT2D eigenvalue weighted by atomic mass is 9.94. The SMILES string of the molecule is CN(C(=O)c1ccc(F)cc1Br)C1CCCCC1Br. The third kappa shape index (κ3) is 3.37. The summed E-state index contributed by atoms with van der Waals surface area (Å²) in [5.74, 6) is -0.412. The van der Waals surface area contributed by atoms with Crippen molar-refractivity contribution in [2.75, 3.05) is 7.05 Å². The highest BCUT2D eigenvalue weighted by Crippen LogP contribution is 2.29. The molecule has 1 aromatic rings. The van der Waals surface area contributed by atoms with Crippen LogP contribution in [0, 0.1) is 5.82 Å². The number of carbonyl (C=O) groups is 1. The molecule has 1 aliphatic rings. The Kier molecular flexibility index (Phi) is 5.01. The number of benzene rings is 1. The molecule has 2 nitrogen and oxygen atoms in total. The molecule has 0 spiro atoms. The summed E-state index contributed by atoms with van der Waals surface area (Å²) in [6, 6.07) is 4.38. The number of hydrogen-bond donors (Lipinski definition) is 0. The number of nitrogens with zero attached hydrogens (tertiary/aromatic N) is 1. The van der Waals surface area contributed by atoms with Gasteiger partial charge in [-0.25, -0.2) is 4.39 Å². The van der Waals surface area contributed by atoms with Gasteiger partial charge < -0.3 is 4.90 Å². The fourth-order valence-corrected chi connectivity index (χ4v) is 3.97. The fourth-order valence-electron chi connectivity index (χ4n) is 2.51. The van der Waals surface area contributed by atoms with Crippen LogP contribution in [0.5, 0.6) is 0 Å². The minimum atomic E-state index is -0.345. The lowest BCUT2D eigenvalue weighted by Crippen LogP contribution is -2.44. The molecule has 0 radical (unpaired) electrons. The number of alkyl halides is 1. The summed E-state index contributed by atoms with van der Waals surface area (Å²) in [7, 11) is 1.82. The first-order chi connectivity index (χ1) is 9.00. The van der Waals surface area contributed by atoms with Crippen LogP contribution in [0.4, 0.5) is 4.39 Å². The van der Waals surface area contributed by atoms with Gasteiger partial charge in [0.25, 0.3) is 5.91 Å². The van der Waals surface area contributed by atoms with Gasteiger partial charge in [0.2, 0.25) is 0 Å². The van der Waals surface area contributed by atoms with E-state index in [0.717, 1.165) is 19.3 Å². The second-order valence-electron chi connectivity index (χ2n) is 4.91. The smallest absolute Gasteiger partial charge is 0.255 e. The van der Waals surface area contributed by atoms with E-state index >= 15 is 0 Å². The normalized spacial score (nSPS) is 23.2.